The van der Waals surface area contributed by atoms with Crippen molar-refractivity contribution in [1.82, 2.24) is 31.6 Å². The van der Waals surface area contributed by atoms with Crippen LogP contribution in [0.2, 0.25) is 0 Å². The van der Waals surface area contributed by atoms with Crippen LogP contribution in [-0.4, -0.2) is 89.0 Å². The third-order valence-electron chi connectivity index (χ3n) is 14.1. The molecule has 2 bridgehead atoms. The second-order valence-corrected chi connectivity index (χ2v) is 18.5. The highest BCUT2D eigenvalue weighted by molar-refractivity contribution is 5.96. The molecule has 5 amide bonds. The molecule has 4 atom stereocenters. The molecule has 4 aliphatic carbocycles. The third-order valence-corrected chi connectivity index (χ3v) is 14.1. The number of hydrogen-bond acceptors (Lipinski definition) is 8. The monoisotopic (exact) mass is 845 g/mol. The van der Waals surface area contributed by atoms with Gasteiger partial charge in [0.05, 0.1) is 6.10 Å². The predicted octanol–water partition coefficient (Wildman–Crippen LogP) is 4.69. The lowest BCUT2D eigenvalue weighted by molar-refractivity contribution is -0.138. The summed E-state index contributed by atoms with van der Waals surface area (Å²) in [6, 6.07) is -0.942. The van der Waals surface area contributed by atoms with Gasteiger partial charge in [0.15, 0.2) is 6.04 Å². The standard InChI is InChI=1S/C47H68N6O8/c54-42-30-61-37-19-13-34(14-20-37)27-40(44(57)49-29-43(55)56)52-46(59)39(22-15-31-7-3-1-4-8-31)51-47(60)41(28-33-11-17-36(18-12-33)35-9-5-2-6-10-35)53-45(58)38(50-42)21-16-32-23-25-48-26-24-32/h23-26,31,33-41H,1-15,17-20,22,27-30H2,(H,49,57)(H,50,54)(H,51,60)(H,52,59)(H,53,58)(H,55,56). The summed E-state index contributed by atoms with van der Waals surface area (Å²) in [5.74, 6) is 3.94. The number of aromatic nitrogens is 1. The molecule has 3 heterocycles. The van der Waals surface area contributed by atoms with Gasteiger partial charge in [0.25, 0.3) is 5.91 Å². The molecule has 6 fully saturated rings. The van der Waals surface area contributed by atoms with Gasteiger partial charge in [-0.1, -0.05) is 88.9 Å². The molecule has 0 spiro atoms. The number of hydrogen-bond donors (Lipinski definition) is 6. The topological polar surface area (TPSA) is 205 Å². The molecular formula is C47H68N6O8. The first-order chi connectivity index (χ1) is 29.6. The molecule has 7 rings (SSSR count). The molecule has 4 unspecified atom stereocenters. The van der Waals surface area contributed by atoms with Gasteiger partial charge in [0, 0.05) is 18.0 Å². The van der Waals surface area contributed by atoms with E-state index in [1.54, 1.807) is 24.5 Å². The van der Waals surface area contributed by atoms with Gasteiger partial charge in [-0.15, -0.1) is 0 Å². The number of nitrogens with one attached hydrogen (secondary N) is 5. The largest absolute Gasteiger partial charge is 0.480 e. The third kappa shape index (κ3) is 14.8. The van der Waals surface area contributed by atoms with Gasteiger partial charge in [-0.05, 0) is 106 Å². The quantitative estimate of drug-likeness (QED) is 0.151. The number of carboxylic acid groups (broad SMARTS) is 1. The van der Waals surface area contributed by atoms with Gasteiger partial charge in [-0.25, -0.2) is 0 Å². The van der Waals surface area contributed by atoms with Crippen LogP contribution in [0.5, 0.6) is 0 Å². The number of ether oxygens (including phenoxy) is 1. The Balaban J connectivity index is 1.27. The molecule has 14 nitrogen and oxygen atoms in total. The number of carbonyl (C=O) groups is 6. The summed E-state index contributed by atoms with van der Waals surface area (Å²) in [5.41, 5.74) is 0.603. The fourth-order valence-corrected chi connectivity index (χ4v) is 10.6. The Labute approximate surface area is 361 Å². The van der Waals surface area contributed by atoms with E-state index in [1.165, 1.54) is 38.5 Å². The summed E-state index contributed by atoms with van der Waals surface area (Å²) < 4.78 is 6.01. The molecule has 14 heteroatoms. The van der Waals surface area contributed by atoms with E-state index < -0.39 is 66.2 Å². The average molecular weight is 845 g/mol. The number of carboxylic acids is 1. The van der Waals surface area contributed by atoms with E-state index in [0.717, 1.165) is 57.3 Å². The second kappa shape index (κ2) is 23.6. The van der Waals surface area contributed by atoms with Crippen molar-refractivity contribution < 1.29 is 38.6 Å². The SMILES string of the molecule is O=C(O)CNC(=O)C1CC2CCC(CC2)OCC(=O)NC(C#Cc2ccncc2)C(=O)NC(CC2CCC(C3CCCCC3)CC2)C(=O)NC(CCC2CCCCC2)C(=O)N1. The van der Waals surface area contributed by atoms with Crippen LogP contribution in [0, 0.1) is 41.4 Å². The first kappa shape index (κ1) is 46.0. The lowest BCUT2D eigenvalue weighted by Gasteiger charge is -2.37. The summed E-state index contributed by atoms with van der Waals surface area (Å²) in [6.45, 7) is -0.878. The smallest absolute Gasteiger partial charge is 0.322 e. The van der Waals surface area contributed by atoms with Crippen LogP contribution in [0.4, 0.5) is 0 Å². The molecule has 6 N–H and O–H groups in total. The Hall–Kier alpha value is -4.51. The van der Waals surface area contributed by atoms with Crippen molar-refractivity contribution in [2.45, 2.75) is 172 Å². The van der Waals surface area contributed by atoms with E-state index in [4.69, 9.17) is 4.74 Å². The van der Waals surface area contributed by atoms with Gasteiger partial charge in [-0.2, -0.15) is 0 Å². The van der Waals surface area contributed by atoms with Gasteiger partial charge >= 0.3 is 5.97 Å². The van der Waals surface area contributed by atoms with Crippen LogP contribution >= 0.6 is 0 Å². The van der Waals surface area contributed by atoms with Crippen LogP contribution in [0.3, 0.4) is 0 Å². The Morgan fingerprint density at radius 3 is 2.03 bits per heavy atom. The van der Waals surface area contributed by atoms with Crippen LogP contribution in [0.15, 0.2) is 24.5 Å². The molecule has 0 radical (unpaired) electrons. The van der Waals surface area contributed by atoms with Crippen LogP contribution in [0.25, 0.3) is 0 Å². The number of nitrogens with zero attached hydrogens (tertiary/aromatic N) is 1. The zero-order chi connectivity index (χ0) is 43.0. The lowest BCUT2D eigenvalue weighted by atomic mass is 9.70. The highest BCUT2D eigenvalue weighted by Crippen LogP contribution is 2.41. The van der Waals surface area contributed by atoms with Crippen LogP contribution in [0.1, 0.15) is 147 Å². The van der Waals surface area contributed by atoms with Crippen LogP contribution < -0.4 is 26.6 Å². The number of fused-ring (bicyclic) bond motifs is 16. The highest BCUT2D eigenvalue weighted by Gasteiger charge is 2.36. The Morgan fingerprint density at radius 2 is 1.34 bits per heavy atom. The molecule has 61 heavy (non-hydrogen) atoms. The molecule has 2 saturated heterocycles. The Kier molecular flexibility index (Phi) is 17.8. The number of pyridine rings is 1. The second-order valence-electron chi connectivity index (χ2n) is 18.5. The van der Waals surface area contributed by atoms with Crippen LogP contribution in [-0.2, 0) is 33.5 Å². The van der Waals surface area contributed by atoms with Gasteiger partial charge in [0.2, 0.25) is 23.6 Å². The number of amides is 5. The minimum atomic E-state index is -1.30. The van der Waals surface area contributed by atoms with Crippen molar-refractivity contribution in [2.75, 3.05) is 13.2 Å². The van der Waals surface area contributed by atoms with Gasteiger partial charge < -0.3 is 36.4 Å². The molecule has 4 saturated carbocycles. The summed E-state index contributed by atoms with van der Waals surface area (Å²) in [7, 11) is 0. The normalized spacial score (nSPS) is 30.4. The van der Waals surface area contributed by atoms with Crippen molar-refractivity contribution in [2.24, 2.45) is 29.6 Å². The first-order valence-electron chi connectivity index (χ1n) is 23.3. The van der Waals surface area contributed by atoms with Crippen molar-refractivity contribution in [1.29, 1.82) is 0 Å². The summed E-state index contributed by atoms with van der Waals surface area (Å²) in [5, 5.41) is 23.4. The summed E-state index contributed by atoms with van der Waals surface area (Å²) >= 11 is 0. The zero-order valence-electron chi connectivity index (χ0n) is 35.8. The van der Waals surface area contributed by atoms with Crippen molar-refractivity contribution in [3.05, 3.63) is 30.1 Å². The minimum Gasteiger partial charge on any atom is -0.480 e. The Morgan fingerprint density at radius 1 is 0.705 bits per heavy atom. The van der Waals surface area contributed by atoms with Gasteiger partial charge in [-0.3, -0.25) is 33.8 Å². The van der Waals surface area contributed by atoms with E-state index in [0.29, 0.717) is 62.3 Å². The summed E-state index contributed by atoms with van der Waals surface area (Å²) in [6.07, 6.45) is 23.2. The molecule has 1 aromatic heterocycles. The zero-order valence-corrected chi connectivity index (χ0v) is 35.8. The van der Waals surface area contributed by atoms with E-state index in [9.17, 15) is 33.9 Å². The molecule has 2 aliphatic heterocycles. The maximum Gasteiger partial charge on any atom is 0.322 e. The molecule has 6 aliphatic rings. The Bertz CT molecular complexity index is 1690. The maximum absolute atomic E-state index is 14.6. The highest BCUT2D eigenvalue weighted by atomic mass is 16.5. The predicted molar refractivity (Wildman–Crippen MR) is 228 cm³/mol. The molecular weight excluding hydrogens is 777 g/mol. The van der Waals surface area contributed by atoms with E-state index in [1.807, 2.05) is 0 Å². The molecule has 334 valence electrons. The minimum absolute atomic E-state index is 0.0270. The van der Waals surface area contributed by atoms with Crippen molar-refractivity contribution in [3.63, 3.8) is 0 Å². The van der Waals surface area contributed by atoms with E-state index >= 15 is 0 Å². The average Bonchev–Trinajstić information content (AvgIpc) is 3.28. The lowest BCUT2D eigenvalue weighted by Crippen LogP contribution is -2.58. The fourth-order valence-electron chi connectivity index (χ4n) is 10.6. The number of carbonyl (C=O) groups excluding carboxylic acids is 5. The number of aliphatic carboxylic acids is 1. The maximum atomic E-state index is 14.6. The number of rotatable bonds is 9. The van der Waals surface area contributed by atoms with E-state index in [-0.39, 0.29) is 31.0 Å². The molecule has 1 aromatic rings. The van der Waals surface area contributed by atoms with Gasteiger partial charge in [0.1, 0.15) is 31.3 Å². The molecule has 0 aromatic carbocycles. The van der Waals surface area contributed by atoms with E-state index in [2.05, 4.69) is 43.4 Å². The summed E-state index contributed by atoms with van der Waals surface area (Å²) in [4.78, 5) is 85.6. The fraction of sp³-hybridized carbons (Fsp3) is 0.723. The first-order valence-corrected chi connectivity index (χ1v) is 23.3. The van der Waals surface area contributed by atoms with Crippen molar-refractivity contribution in [3.8, 4) is 11.8 Å². The van der Waals surface area contributed by atoms with Crippen molar-refractivity contribution >= 4 is 35.5 Å².